The number of aryl methyl sites for hydroxylation is 1. The van der Waals surface area contributed by atoms with Crippen LogP contribution in [0.5, 0.6) is 0 Å². The second kappa shape index (κ2) is 5.59. The SMILES string of the molecule is CC(O)CCc1ccn(S(=O)(=O)c2ccccc2)c1. The highest BCUT2D eigenvalue weighted by molar-refractivity contribution is 7.90. The van der Waals surface area contributed by atoms with E-state index in [9.17, 15) is 13.5 Å². The molecule has 0 spiro atoms. The predicted molar refractivity (Wildman–Crippen MR) is 73.5 cm³/mol. The molecule has 0 fully saturated rings. The van der Waals surface area contributed by atoms with Crippen molar-refractivity contribution < 1.29 is 13.5 Å². The fourth-order valence-corrected chi connectivity index (χ4v) is 3.05. The lowest BCUT2D eigenvalue weighted by Gasteiger charge is -2.05. The van der Waals surface area contributed by atoms with E-state index < -0.39 is 10.0 Å². The lowest BCUT2D eigenvalue weighted by molar-refractivity contribution is 0.185. The molecule has 0 radical (unpaired) electrons. The normalized spacial score (nSPS) is 13.4. The summed E-state index contributed by atoms with van der Waals surface area (Å²) in [6, 6.07) is 10.1. The third-order valence-electron chi connectivity index (χ3n) is 2.90. The zero-order valence-electron chi connectivity index (χ0n) is 10.7. The molecule has 0 aliphatic carbocycles. The summed E-state index contributed by atoms with van der Waals surface area (Å²) >= 11 is 0. The number of nitrogens with zero attached hydrogens (tertiary/aromatic N) is 1. The molecular formula is C14H17NO3S. The number of benzene rings is 1. The van der Waals surface area contributed by atoms with E-state index in [2.05, 4.69) is 0 Å². The maximum Gasteiger partial charge on any atom is 0.267 e. The van der Waals surface area contributed by atoms with Gasteiger partial charge in [-0.2, -0.15) is 0 Å². The van der Waals surface area contributed by atoms with Crippen molar-refractivity contribution >= 4 is 10.0 Å². The molecule has 1 heterocycles. The molecule has 1 unspecified atom stereocenters. The van der Waals surface area contributed by atoms with E-state index in [1.807, 2.05) is 0 Å². The molecule has 2 rings (SSSR count). The van der Waals surface area contributed by atoms with Crippen molar-refractivity contribution in [3.8, 4) is 0 Å². The molecule has 0 saturated heterocycles. The molecule has 1 N–H and O–H groups in total. The van der Waals surface area contributed by atoms with Crippen LogP contribution in [0.2, 0.25) is 0 Å². The third kappa shape index (κ3) is 3.24. The van der Waals surface area contributed by atoms with Crippen LogP contribution in [0.15, 0.2) is 53.7 Å². The van der Waals surface area contributed by atoms with Gasteiger partial charge >= 0.3 is 0 Å². The standard InChI is InChI=1S/C14H17NO3S/c1-12(16)7-8-13-9-10-15(11-13)19(17,18)14-5-3-2-4-6-14/h2-6,9-12,16H,7-8H2,1H3. The topological polar surface area (TPSA) is 59.3 Å². The van der Waals surface area contributed by atoms with Crippen molar-refractivity contribution in [2.45, 2.75) is 30.8 Å². The van der Waals surface area contributed by atoms with Crippen molar-refractivity contribution in [1.29, 1.82) is 0 Å². The molecule has 5 heteroatoms. The van der Waals surface area contributed by atoms with Crippen molar-refractivity contribution in [1.82, 2.24) is 3.97 Å². The van der Waals surface area contributed by atoms with Gasteiger partial charge in [-0.25, -0.2) is 12.4 Å². The van der Waals surface area contributed by atoms with Gasteiger partial charge in [0.1, 0.15) is 0 Å². The van der Waals surface area contributed by atoms with Crippen molar-refractivity contribution in [3.63, 3.8) is 0 Å². The van der Waals surface area contributed by atoms with Gasteiger partial charge in [0.05, 0.1) is 11.0 Å². The number of hydrogen-bond donors (Lipinski definition) is 1. The Kier molecular flexibility index (Phi) is 4.07. The monoisotopic (exact) mass is 279 g/mol. The van der Waals surface area contributed by atoms with E-state index in [4.69, 9.17) is 0 Å². The second-order valence-electron chi connectivity index (χ2n) is 4.56. The van der Waals surface area contributed by atoms with Crippen molar-refractivity contribution in [2.75, 3.05) is 0 Å². The smallest absolute Gasteiger partial charge is 0.267 e. The van der Waals surface area contributed by atoms with Crippen LogP contribution in [-0.2, 0) is 16.4 Å². The lowest BCUT2D eigenvalue weighted by atomic mass is 10.1. The number of aromatic nitrogens is 1. The minimum absolute atomic E-state index is 0.271. The Hall–Kier alpha value is -1.59. The molecule has 0 amide bonds. The third-order valence-corrected chi connectivity index (χ3v) is 4.55. The highest BCUT2D eigenvalue weighted by Crippen LogP contribution is 2.15. The Labute approximate surface area is 113 Å². The van der Waals surface area contributed by atoms with E-state index >= 15 is 0 Å². The molecule has 102 valence electrons. The van der Waals surface area contributed by atoms with Crippen LogP contribution in [0.3, 0.4) is 0 Å². The van der Waals surface area contributed by atoms with Gasteiger partial charge in [-0.15, -0.1) is 0 Å². The molecule has 0 aliphatic heterocycles. The maximum absolute atomic E-state index is 12.3. The van der Waals surface area contributed by atoms with Gasteiger partial charge in [-0.3, -0.25) is 0 Å². The summed E-state index contributed by atoms with van der Waals surface area (Å²) in [7, 11) is -3.50. The Morgan fingerprint density at radius 3 is 2.53 bits per heavy atom. The van der Waals surface area contributed by atoms with E-state index in [-0.39, 0.29) is 11.0 Å². The van der Waals surface area contributed by atoms with Gasteiger partial charge in [0, 0.05) is 12.4 Å². The Balaban J connectivity index is 2.23. The van der Waals surface area contributed by atoms with Gasteiger partial charge in [0.25, 0.3) is 10.0 Å². The number of aliphatic hydroxyl groups is 1. The lowest BCUT2D eigenvalue weighted by Crippen LogP contribution is -2.10. The van der Waals surface area contributed by atoms with Crippen LogP contribution in [0, 0.1) is 0 Å². The minimum Gasteiger partial charge on any atom is -0.393 e. The van der Waals surface area contributed by atoms with Crippen LogP contribution in [0.4, 0.5) is 0 Å². The van der Waals surface area contributed by atoms with Gasteiger partial charge in [0.15, 0.2) is 0 Å². The number of hydrogen-bond acceptors (Lipinski definition) is 3. The Morgan fingerprint density at radius 1 is 1.21 bits per heavy atom. The van der Waals surface area contributed by atoms with Gasteiger partial charge in [-0.05, 0) is 43.5 Å². The minimum atomic E-state index is -3.50. The fourth-order valence-electron chi connectivity index (χ4n) is 1.81. The summed E-state index contributed by atoms with van der Waals surface area (Å²) in [5, 5.41) is 9.23. The summed E-state index contributed by atoms with van der Waals surface area (Å²) < 4.78 is 25.8. The summed E-state index contributed by atoms with van der Waals surface area (Å²) in [4.78, 5) is 0.271. The van der Waals surface area contributed by atoms with E-state index in [0.717, 1.165) is 5.56 Å². The van der Waals surface area contributed by atoms with E-state index in [1.165, 1.54) is 3.97 Å². The number of aliphatic hydroxyl groups excluding tert-OH is 1. The highest BCUT2D eigenvalue weighted by Gasteiger charge is 2.15. The average Bonchev–Trinajstić information content (AvgIpc) is 2.87. The summed E-state index contributed by atoms with van der Waals surface area (Å²) in [6.45, 7) is 1.72. The summed E-state index contributed by atoms with van der Waals surface area (Å²) in [6.07, 6.45) is 4.04. The van der Waals surface area contributed by atoms with E-state index in [0.29, 0.717) is 12.8 Å². The predicted octanol–water partition coefficient (Wildman–Crippen LogP) is 2.04. The van der Waals surface area contributed by atoms with Crippen LogP contribution in [0.1, 0.15) is 18.9 Å². The first-order valence-electron chi connectivity index (χ1n) is 6.16. The van der Waals surface area contributed by atoms with Crippen LogP contribution in [0.25, 0.3) is 0 Å². The summed E-state index contributed by atoms with van der Waals surface area (Å²) in [5.74, 6) is 0. The highest BCUT2D eigenvalue weighted by atomic mass is 32.2. The van der Waals surface area contributed by atoms with E-state index in [1.54, 1.807) is 55.7 Å². The van der Waals surface area contributed by atoms with Gasteiger partial charge in [0.2, 0.25) is 0 Å². The molecule has 4 nitrogen and oxygen atoms in total. The number of rotatable bonds is 5. The van der Waals surface area contributed by atoms with Gasteiger partial charge < -0.3 is 5.11 Å². The first kappa shape index (κ1) is 13.8. The molecule has 19 heavy (non-hydrogen) atoms. The fraction of sp³-hybridized carbons (Fsp3) is 0.286. The first-order chi connectivity index (χ1) is 9.00. The molecule has 1 atom stereocenters. The average molecular weight is 279 g/mol. The molecule has 1 aromatic carbocycles. The van der Waals surface area contributed by atoms with Crippen LogP contribution < -0.4 is 0 Å². The molecule has 0 bridgehead atoms. The molecular weight excluding hydrogens is 262 g/mol. The van der Waals surface area contributed by atoms with Gasteiger partial charge in [-0.1, -0.05) is 18.2 Å². The second-order valence-corrected chi connectivity index (χ2v) is 6.40. The first-order valence-corrected chi connectivity index (χ1v) is 7.60. The zero-order valence-corrected chi connectivity index (χ0v) is 11.5. The maximum atomic E-state index is 12.3. The zero-order chi connectivity index (χ0) is 13.9. The van der Waals surface area contributed by atoms with Crippen molar-refractivity contribution in [2.24, 2.45) is 0 Å². The van der Waals surface area contributed by atoms with Crippen molar-refractivity contribution in [3.05, 3.63) is 54.4 Å². The Morgan fingerprint density at radius 2 is 1.89 bits per heavy atom. The van der Waals surface area contributed by atoms with Crippen LogP contribution in [-0.4, -0.2) is 23.6 Å². The quantitative estimate of drug-likeness (QED) is 0.911. The largest absolute Gasteiger partial charge is 0.393 e. The molecule has 2 aromatic rings. The molecule has 0 aliphatic rings. The summed E-state index contributed by atoms with van der Waals surface area (Å²) in [5.41, 5.74) is 0.903. The molecule has 0 saturated carbocycles. The molecule has 1 aromatic heterocycles. The van der Waals surface area contributed by atoms with Crippen LogP contribution >= 0.6 is 0 Å². The Bertz CT molecular complexity index is 630.